The summed E-state index contributed by atoms with van der Waals surface area (Å²) in [6.45, 7) is 1.93. The van der Waals surface area contributed by atoms with E-state index in [1.165, 1.54) is 13.3 Å². The molecule has 5 heteroatoms. The largest absolute Gasteiger partial charge is 0.496 e. The first-order valence-corrected chi connectivity index (χ1v) is 6.76. The lowest BCUT2D eigenvalue weighted by molar-refractivity contribution is 0.0952. The molecule has 2 rings (SSSR count). The second-order valence-electron chi connectivity index (χ2n) is 4.64. The fraction of sp³-hybridized carbons (Fsp3) is 0.176. The Morgan fingerprint density at radius 3 is 2.55 bits per heavy atom. The maximum absolute atomic E-state index is 12.1. The van der Waals surface area contributed by atoms with Crippen molar-refractivity contribution in [2.24, 2.45) is 5.10 Å². The molecule has 2 aromatic rings. The Morgan fingerprint density at radius 1 is 1.09 bits per heavy atom. The third kappa shape index (κ3) is 3.63. The van der Waals surface area contributed by atoms with Gasteiger partial charge in [0.05, 0.1) is 26.0 Å². The monoisotopic (exact) mass is 298 g/mol. The van der Waals surface area contributed by atoms with Gasteiger partial charge in [-0.3, -0.25) is 4.79 Å². The minimum atomic E-state index is -0.331. The number of carbonyl (C=O) groups is 1. The van der Waals surface area contributed by atoms with Crippen LogP contribution in [0.2, 0.25) is 0 Å². The molecule has 0 aliphatic rings. The number of hydrazone groups is 1. The summed E-state index contributed by atoms with van der Waals surface area (Å²) in [5.74, 6) is 0.876. The van der Waals surface area contributed by atoms with Crippen molar-refractivity contribution in [3.63, 3.8) is 0 Å². The van der Waals surface area contributed by atoms with Gasteiger partial charge in [-0.1, -0.05) is 18.2 Å². The molecule has 0 spiro atoms. The number of amides is 1. The zero-order valence-corrected chi connectivity index (χ0v) is 12.8. The molecule has 0 unspecified atom stereocenters. The van der Waals surface area contributed by atoms with Crippen LogP contribution in [0.15, 0.2) is 47.6 Å². The number of hydrogen-bond donors (Lipinski definition) is 1. The van der Waals surface area contributed by atoms with Gasteiger partial charge < -0.3 is 9.47 Å². The van der Waals surface area contributed by atoms with Crippen LogP contribution in [0.25, 0.3) is 0 Å². The zero-order valence-electron chi connectivity index (χ0n) is 12.8. The summed E-state index contributed by atoms with van der Waals surface area (Å²) < 4.78 is 10.4. The van der Waals surface area contributed by atoms with Gasteiger partial charge in [0, 0.05) is 5.56 Å². The summed E-state index contributed by atoms with van der Waals surface area (Å²) in [5.41, 5.74) is 4.72. The number of para-hydroxylation sites is 1. The molecule has 0 aliphatic carbocycles. The van der Waals surface area contributed by atoms with Crippen molar-refractivity contribution in [3.05, 3.63) is 59.2 Å². The van der Waals surface area contributed by atoms with Gasteiger partial charge in [-0.15, -0.1) is 0 Å². The highest BCUT2D eigenvalue weighted by Crippen LogP contribution is 2.19. The molecule has 0 saturated heterocycles. The lowest BCUT2D eigenvalue weighted by Gasteiger charge is -2.08. The normalized spacial score (nSPS) is 10.5. The molecule has 0 saturated carbocycles. The SMILES string of the molecule is COc1ccccc1/C=N\NC(=O)c1ccc(C)cc1OC. The number of carbonyl (C=O) groups excluding carboxylic acids is 1. The van der Waals surface area contributed by atoms with E-state index in [4.69, 9.17) is 9.47 Å². The van der Waals surface area contributed by atoms with Gasteiger partial charge in [0.15, 0.2) is 0 Å². The molecule has 1 N–H and O–H groups in total. The Kier molecular flexibility index (Phi) is 5.14. The summed E-state index contributed by atoms with van der Waals surface area (Å²) in [4.78, 5) is 12.1. The van der Waals surface area contributed by atoms with E-state index < -0.39 is 0 Å². The van der Waals surface area contributed by atoms with Crippen molar-refractivity contribution in [2.45, 2.75) is 6.92 Å². The predicted octanol–water partition coefficient (Wildman–Crippen LogP) is 2.78. The number of hydrogen-bond acceptors (Lipinski definition) is 4. The van der Waals surface area contributed by atoms with Crippen molar-refractivity contribution < 1.29 is 14.3 Å². The zero-order chi connectivity index (χ0) is 15.9. The Hall–Kier alpha value is -2.82. The van der Waals surface area contributed by atoms with Gasteiger partial charge in [-0.2, -0.15) is 5.10 Å². The number of benzene rings is 2. The number of methoxy groups -OCH3 is 2. The van der Waals surface area contributed by atoms with Crippen LogP contribution in [0, 0.1) is 6.92 Å². The molecule has 0 fully saturated rings. The third-order valence-corrected chi connectivity index (χ3v) is 3.11. The van der Waals surface area contributed by atoms with Gasteiger partial charge in [-0.05, 0) is 36.8 Å². The average molecular weight is 298 g/mol. The van der Waals surface area contributed by atoms with Crippen molar-refractivity contribution in [3.8, 4) is 11.5 Å². The maximum atomic E-state index is 12.1. The quantitative estimate of drug-likeness (QED) is 0.682. The van der Waals surface area contributed by atoms with Crippen LogP contribution in [-0.4, -0.2) is 26.3 Å². The van der Waals surface area contributed by atoms with Crippen molar-refractivity contribution >= 4 is 12.1 Å². The van der Waals surface area contributed by atoms with E-state index in [0.29, 0.717) is 17.1 Å². The fourth-order valence-electron chi connectivity index (χ4n) is 1.98. The predicted molar refractivity (Wildman–Crippen MR) is 85.8 cm³/mol. The lowest BCUT2D eigenvalue weighted by atomic mass is 10.1. The first kappa shape index (κ1) is 15.6. The van der Waals surface area contributed by atoms with E-state index in [-0.39, 0.29) is 5.91 Å². The standard InChI is InChI=1S/C17H18N2O3/c1-12-8-9-14(16(10-12)22-3)17(20)19-18-11-13-6-4-5-7-15(13)21-2/h4-11H,1-3H3,(H,19,20)/b18-11-. The first-order chi connectivity index (χ1) is 10.7. The average Bonchev–Trinajstić information content (AvgIpc) is 2.54. The minimum absolute atomic E-state index is 0.331. The Bertz CT molecular complexity index is 696. The van der Waals surface area contributed by atoms with Gasteiger partial charge in [0.2, 0.25) is 0 Å². The Labute approximate surface area is 129 Å². The molecule has 0 radical (unpaired) electrons. The molecule has 114 valence electrons. The summed E-state index contributed by atoms with van der Waals surface area (Å²) in [6, 6.07) is 12.8. The van der Waals surface area contributed by atoms with Gasteiger partial charge in [0.1, 0.15) is 11.5 Å². The fourth-order valence-corrected chi connectivity index (χ4v) is 1.98. The van der Waals surface area contributed by atoms with E-state index in [1.807, 2.05) is 37.3 Å². The molecule has 1 amide bonds. The third-order valence-electron chi connectivity index (χ3n) is 3.11. The van der Waals surface area contributed by atoms with Gasteiger partial charge in [-0.25, -0.2) is 5.43 Å². The number of aryl methyl sites for hydroxylation is 1. The lowest BCUT2D eigenvalue weighted by Crippen LogP contribution is -2.18. The molecule has 22 heavy (non-hydrogen) atoms. The number of ether oxygens (including phenoxy) is 2. The first-order valence-electron chi connectivity index (χ1n) is 6.76. The van der Waals surface area contributed by atoms with Gasteiger partial charge in [0.25, 0.3) is 5.91 Å². The molecular formula is C17H18N2O3. The highest BCUT2D eigenvalue weighted by molar-refractivity contribution is 5.97. The molecule has 2 aromatic carbocycles. The number of rotatable bonds is 5. The summed E-state index contributed by atoms with van der Waals surface area (Å²) >= 11 is 0. The van der Waals surface area contributed by atoms with Crippen LogP contribution in [0.5, 0.6) is 11.5 Å². The van der Waals surface area contributed by atoms with E-state index >= 15 is 0 Å². The van der Waals surface area contributed by atoms with E-state index in [1.54, 1.807) is 19.2 Å². The van der Waals surface area contributed by atoms with Crippen molar-refractivity contribution in [2.75, 3.05) is 14.2 Å². The molecule has 0 aliphatic heterocycles. The molecular weight excluding hydrogens is 280 g/mol. The number of nitrogens with one attached hydrogen (secondary N) is 1. The van der Waals surface area contributed by atoms with Crippen molar-refractivity contribution in [1.29, 1.82) is 0 Å². The number of nitrogens with zero attached hydrogens (tertiary/aromatic N) is 1. The van der Waals surface area contributed by atoms with Crippen LogP contribution < -0.4 is 14.9 Å². The minimum Gasteiger partial charge on any atom is -0.496 e. The van der Waals surface area contributed by atoms with Crippen LogP contribution >= 0.6 is 0 Å². The van der Waals surface area contributed by atoms with E-state index in [0.717, 1.165) is 11.1 Å². The van der Waals surface area contributed by atoms with E-state index in [9.17, 15) is 4.79 Å². The van der Waals surface area contributed by atoms with Crippen molar-refractivity contribution in [1.82, 2.24) is 5.43 Å². The topological polar surface area (TPSA) is 59.9 Å². The molecule has 0 aromatic heterocycles. The molecule has 0 heterocycles. The van der Waals surface area contributed by atoms with Crippen LogP contribution in [0.4, 0.5) is 0 Å². The summed E-state index contributed by atoms with van der Waals surface area (Å²) in [7, 11) is 3.12. The van der Waals surface area contributed by atoms with E-state index in [2.05, 4.69) is 10.5 Å². The second-order valence-corrected chi connectivity index (χ2v) is 4.64. The molecule has 5 nitrogen and oxygen atoms in total. The molecule has 0 bridgehead atoms. The highest BCUT2D eigenvalue weighted by atomic mass is 16.5. The maximum Gasteiger partial charge on any atom is 0.275 e. The highest BCUT2D eigenvalue weighted by Gasteiger charge is 2.11. The van der Waals surface area contributed by atoms with Crippen LogP contribution in [0.3, 0.4) is 0 Å². The second kappa shape index (κ2) is 7.26. The smallest absolute Gasteiger partial charge is 0.275 e. The Morgan fingerprint density at radius 2 is 1.82 bits per heavy atom. The van der Waals surface area contributed by atoms with Gasteiger partial charge >= 0.3 is 0 Å². The summed E-state index contributed by atoms with van der Waals surface area (Å²) in [5, 5.41) is 3.96. The van der Waals surface area contributed by atoms with Crippen LogP contribution in [0.1, 0.15) is 21.5 Å². The Balaban J connectivity index is 2.11. The molecule has 0 atom stereocenters. The van der Waals surface area contributed by atoms with Crippen LogP contribution in [-0.2, 0) is 0 Å². The summed E-state index contributed by atoms with van der Waals surface area (Å²) in [6.07, 6.45) is 1.54.